The van der Waals surface area contributed by atoms with Gasteiger partial charge < -0.3 is 9.73 Å². The first-order valence-electron chi connectivity index (χ1n) is 7.31. The third-order valence-electron chi connectivity index (χ3n) is 3.40. The fourth-order valence-electron chi connectivity index (χ4n) is 2.17. The van der Waals surface area contributed by atoms with Gasteiger partial charge in [0.05, 0.1) is 27.2 Å². The average molecular weight is 381 g/mol. The van der Waals surface area contributed by atoms with Gasteiger partial charge in [-0.05, 0) is 29.5 Å². The first-order valence-corrected chi connectivity index (χ1v) is 8.95. The maximum Gasteiger partial charge on any atom is 0.236 e. The molecule has 0 fully saturated rings. The molecule has 1 amide bonds. The van der Waals surface area contributed by atoms with Gasteiger partial charge in [-0.2, -0.15) is 0 Å². The Hall–Kier alpha value is -1.82. The smallest absolute Gasteiger partial charge is 0.236 e. The van der Waals surface area contributed by atoms with Crippen molar-refractivity contribution in [1.82, 2.24) is 10.3 Å². The number of carbonyl (C=O) groups is 1. The normalized spacial score (nSPS) is 10.8. The minimum atomic E-state index is -0.0771. The lowest BCUT2D eigenvalue weighted by Crippen LogP contribution is -2.23. The van der Waals surface area contributed by atoms with E-state index in [-0.39, 0.29) is 5.91 Å². The second-order valence-electron chi connectivity index (χ2n) is 5.11. The number of nitrogens with zero attached hydrogens (tertiary/aromatic N) is 1. The van der Waals surface area contributed by atoms with E-state index in [4.69, 9.17) is 27.6 Å². The first-order chi connectivity index (χ1) is 11.6. The van der Waals surface area contributed by atoms with Gasteiger partial charge in [-0.15, -0.1) is 11.3 Å². The second kappa shape index (κ2) is 7.83. The number of hydrogen-bond donors (Lipinski definition) is 1. The number of aromatic nitrogens is 1. The van der Waals surface area contributed by atoms with Crippen molar-refractivity contribution in [3.63, 3.8) is 0 Å². The maximum absolute atomic E-state index is 12.0. The fraction of sp³-hybridized carbons (Fsp3) is 0.176. The molecular weight excluding hydrogens is 367 g/mol. The van der Waals surface area contributed by atoms with Crippen LogP contribution in [0.2, 0.25) is 10.0 Å². The average Bonchev–Trinajstić information content (AvgIpc) is 3.25. The van der Waals surface area contributed by atoms with E-state index in [2.05, 4.69) is 10.3 Å². The molecule has 0 aliphatic heterocycles. The van der Waals surface area contributed by atoms with Gasteiger partial charge in [0, 0.05) is 6.42 Å². The van der Waals surface area contributed by atoms with Gasteiger partial charge in [0.1, 0.15) is 6.26 Å². The van der Waals surface area contributed by atoms with Crippen LogP contribution >= 0.6 is 34.5 Å². The van der Waals surface area contributed by atoms with E-state index in [9.17, 15) is 4.79 Å². The second-order valence-corrected chi connectivity index (χ2v) is 6.84. The minimum absolute atomic E-state index is 0.0771. The number of halogens is 2. The molecule has 0 radical (unpaired) electrons. The molecule has 0 aliphatic rings. The summed E-state index contributed by atoms with van der Waals surface area (Å²) < 4.78 is 5.42. The zero-order valence-corrected chi connectivity index (χ0v) is 14.9. The van der Waals surface area contributed by atoms with Crippen LogP contribution in [0.4, 0.5) is 0 Å². The van der Waals surface area contributed by atoms with E-state index in [0.717, 1.165) is 10.4 Å². The predicted molar refractivity (Wildman–Crippen MR) is 96.4 cm³/mol. The predicted octanol–water partition coefficient (Wildman–Crippen LogP) is 4.96. The fourth-order valence-corrected chi connectivity index (χ4v) is 3.24. The molecule has 7 heteroatoms. The number of rotatable bonds is 6. The molecule has 2 heterocycles. The van der Waals surface area contributed by atoms with Crippen molar-refractivity contribution in [3.8, 4) is 10.8 Å². The Morgan fingerprint density at radius 2 is 2.12 bits per heavy atom. The lowest BCUT2D eigenvalue weighted by Gasteiger charge is -2.06. The van der Waals surface area contributed by atoms with Crippen molar-refractivity contribution < 1.29 is 9.21 Å². The quantitative estimate of drug-likeness (QED) is 0.657. The molecule has 0 saturated heterocycles. The highest BCUT2D eigenvalue weighted by atomic mass is 35.5. The molecule has 3 aromatic rings. The van der Waals surface area contributed by atoms with Crippen molar-refractivity contribution in [2.24, 2.45) is 0 Å². The number of benzene rings is 1. The van der Waals surface area contributed by atoms with E-state index in [0.29, 0.717) is 41.0 Å². The molecule has 0 atom stereocenters. The van der Waals surface area contributed by atoms with E-state index < -0.39 is 0 Å². The largest absolute Gasteiger partial charge is 0.443 e. The Bertz CT molecular complexity index is 831. The molecule has 2 aromatic heterocycles. The Morgan fingerprint density at radius 3 is 2.92 bits per heavy atom. The van der Waals surface area contributed by atoms with Crippen LogP contribution in [-0.4, -0.2) is 10.9 Å². The lowest BCUT2D eigenvalue weighted by molar-refractivity contribution is -0.121. The highest BCUT2D eigenvalue weighted by molar-refractivity contribution is 7.13. The molecule has 1 N–H and O–H groups in total. The van der Waals surface area contributed by atoms with E-state index in [1.165, 1.54) is 0 Å². The van der Waals surface area contributed by atoms with Crippen molar-refractivity contribution in [3.05, 3.63) is 63.3 Å². The molecule has 124 valence electrons. The summed E-state index contributed by atoms with van der Waals surface area (Å²) in [5.74, 6) is 0.492. The Morgan fingerprint density at radius 1 is 1.25 bits per heavy atom. The lowest BCUT2D eigenvalue weighted by atomic mass is 10.1. The van der Waals surface area contributed by atoms with Crippen molar-refractivity contribution in [2.75, 3.05) is 0 Å². The topological polar surface area (TPSA) is 55.1 Å². The van der Waals surface area contributed by atoms with Crippen LogP contribution in [0.15, 0.2) is 46.4 Å². The van der Waals surface area contributed by atoms with Crippen molar-refractivity contribution in [1.29, 1.82) is 0 Å². The molecule has 3 rings (SSSR count). The van der Waals surface area contributed by atoms with Crippen LogP contribution in [-0.2, 0) is 17.8 Å². The summed E-state index contributed by atoms with van der Waals surface area (Å²) in [4.78, 5) is 17.3. The summed E-state index contributed by atoms with van der Waals surface area (Å²) in [6, 6.07) is 9.29. The molecule has 0 saturated carbocycles. The van der Waals surface area contributed by atoms with Gasteiger partial charge in [-0.1, -0.05) is 41.4 Å². The number of oxazole rings is 1. The molecule has 0 aliphatic carbocycles. The monoisotopic (exact) mass is 380 g/mol. The van der Waals surface area contributed by atoms with Crippen LogP contribution in [0.1, 0.15) is 17.7 Å². The molecule has 1 aromatic carbocycles. The third kappa shape index (κ3) is 4.17. The number of aryl methyl sites for hydroxylation is 1. The summed E-state index contributed by atoms with van der Waals surface area (Å²) >= 11 is 13.6. The zero-order chi connectivity index (χ0) is 16.9. The van der Waals surface area contributed by atoms with Crippen LogP contribution in [0.25, 0.3) is 10.8 Å². The highest BCUT2D eigenvalue weighted by Crippen LogP contribution is 2.26. The SMILES string of the molecule is O=C(CCc1cccc(Cl)c1Cl)NCc1coc(-c2cccs2)n1. The summed E-state index contributed by atoms with van der Waals surface area (Å²) in [6.07, 6.45) is 2.42. The van der Waals surface area contributed by atoms with Crippen LogP contribution in [0.5, 0.6) is 0 Å². The minimum Gasteiger partial charge on any atom is -0.443 e. The summed E-state index contributed by atoms with van der Waals surface area (Å²) in [5, 5.41) is 5.79. The maximum atomic E-state index is 12.0. The Labute approximate surface area is 153 Å². The number of carbonyl (C=O) groups excluding carboxylic acids is 1. The summed E-state index contributed by atoms with van der Waals surface area (Å²) in [6.45, 7) is 0.330. The molecule has 4 nitrogen and oxygen atoms in total. The highest BCUT2D eigenvalue weighted by Gasteiger charge is 2.10. The van der Waals surface area contributed by atoms with Gasteiger partial charge in [0.25, 0.3) is 0 Å². The number of amides is 1. The molecule has 0 unspecified atom stereocenters. The zero-order valence-electron chi connectivity index (χ0n) is 12.6. The standard InChI is InChI=1S/C17H14Cl2N2O2S/c18-13-4-1-3-11(16(13)19)6-7-15(22)20-9-12-10-23-17(21-12)14-5-2-8-24-14/h1-5,8,10H,6-7,9H2,(H,20,22). The van der Waals surface area contributed by atoms with E-state index >= 15 is 0 Å². The van der Waals surface area contributed by atoms with Crippen LogP contribution in [0.3, 0.4) is 0 Å². The summed E-state index contributed by atoms with van der Waals surface area (Å²) in [5.41, 5.74) is 1.55. The number of thiophene rings is 1. The Kier molecular flexibility index (Phi) is 5.56. The van der Waals surface area contributed by atoms with E-state index in [1.54, 1.807) is 23.7 Å². The van der Waals surface area contributed by atoms with Crippen LogP contribution in [0, 0.1) is 0 Å². The van der Waals surface area contributed by atoms with Gasteiger partial charge in [0.2, 0.25) is 11.8 Å². The molecule has 0 bridgehead atoms. The third-order valence-corrected chi connectivity index (χ3v) is 5.12. The van der Waals surface area contributed by atoms with Gasteiger partial charge in [-0.3, -0.25) is 4.79 Å². The summed E-state index contributed by atoms with van der Waals surface area (Å²) in [7, 11) is 0. The van der Waals surface area contributed by atoms with Gasteiger partial charge in [-0.25, -0.2) is 4.98 Å². The van der Waals surface area contributed by atoms with Gasteiger partial charge in [0.15, 0.2) is 0 Å². The van der Waals surface area contributed by atoms with Crippen LogP contribution < -0.4 is 5.32 Å². The molecule has 24 heavy (non-hydrogen) atoms. The first kappa shape index (κ1) is 17.0. The van der Waals surface area contributed by atoms with Crippen molar-refractivity contribution >= 4 is 40.4 Å². The van der Waals surface area contributed by atoms with Gasteiger partial charge >= 0.3 is 0 Å². The van der Waals surface area contributed by atoms with E-state index in [1.807, 2.05) is 29.6 Å². The van der Waals surface area contributed by atoms with Crippen molar-refractivity contribution in [2.45, 2.75) is 19.4 Å². The molecular formula is C17H14Cl2N2O2S. The number of hydrogen-bond acceptors (Lipinski definition) is 4. The molecule has 0 spiro atoms. The Balaban J connectivity index is 1.50. The number of nitrogens with one attached hydrogen (secondary N) is 1.